The monoisotopic (exact) mass is 306 g/mol. The highest BCUT2D eigenvalue weighted by Gasteiger charge is 2.24. The highest BCUT2D eigenvalue weighted by Crippen LogP contribution is 2.24. The Kier molecular flexibility index (Phi) is 8.97. The zero-order valence-electron chi connectivity index (χ0n) is 15.0. The fourth-order valence-electron chi connectivity index (χ4n) is 4.07. The largest absolute Gasteiger partial charge is 0.357 e. The summed E-state index contributed by atoms with van der Waals surface area (Å²) in [5, 5.41) is 0. The summed E-state index contributed by atoms with van der Waals surface area (Å²) in [5.74, 6) is 1.46. The Morgan fingerprint density at radius 1 is 0.909 bits per heavy atom. The molecule has 0 radical (unpaired) electrons. The first-order valence-corrected chi connectivity index (χ1v) is 10.2. The Balaban J connectivity index is 1.90. The van der Waals surface area contributed by atoms with Gasteiger partial charge in [0.1, 0.15) is 0 Å². The minimum Gasteiger partial charge on any atom is -0.357 e. The summed E-state index contributed by atoms with van der Waals surface area (Å²) in [5.41, 5.74) is 0. The number of piperidine rings is 1. The Labute approximate surface area is 138 Å². The summed E-state index contributed by atoms with van der Waals surface area (Å²) in [4.78, 5) is 7.73. The second-order valence-electron chi connectivity index (χ2n) is 7.36. The molecule has 2 heterocycles. The molecule has 1 unspecified atom stereocenters. The molecule has 0 amide bonds. The van der Waals surface area contributed by atoms with Crippen molar-refractivity contribution in [3.05, 3.63) is 0 Å². The molecule has 0 aliphatic carbocycles. The van der Waals surface area contributed by atoms with Crippen LogP contribution in [0.15, 0.2) is 4.99 Å². The first-order chi connectivity index (χ1) is 10.9. The predicted molar refractivity (Wildman–Crippen MR) is 97.7 cm³/mol. The standard InChI is InChI=1S/C20H38N2/c1-2-3-4-6-9-14-19-15-10-7-5-8-12-17-21-20-16-11-13-18-22(19)20/h19H,2-18H2,1H3. The smallest absolute Gasteiger partial charge is 0.0991 e. The molecule has 0 N–H and O–H groups in total. The Bertz CT molecular complexity index is 311. The van der Waals surface area contributed by atoms with Crippen LogP contribution < -0.4 is 0 Å². The van der Waals surface area contributed by atoms with Gasteiger partial charge in [0.2, 0.25) is 0 Å². The summed E-state index contributed by atoms with van der Waals surface area (Å²) < 4.78 is 0. The van der Waals surface area contributed by atoms with Gasteiger partial charge in [0, 0.05) is 25.6 Å². The third-order valence-corrected chi connectivity index (χ3v) is 5.45. The highest BCUT2D eigenvalue weighted by atomic mass is 15.2. The molecule has 1 fully saturated rings. The van der Waals surface area contributed by atoms with Gasteiger partial charge in [-0.05, 0) is 32.1 Å². The molecule has 0 saturated carbocycles. The average molecular weight is 307 g/mol. The molecule has 1 atom stereocenters. The maximum absolute atomic E-state index is 5.00. The van der Waals surface area contributed by atoms with Crippen molar-refractivity contribution in [2.75, 3.05) is 13.1 Å². The van der Waals surface area contributed by atoms with Crippen molar-refractivity contribution in [3.8, 4) is 0 Å². The molecule has 2 heteroatoms. The van der Waals surface area contributed by atoms with Crippen LogP contribution in [0.2, 0.25) is 0 Å². The number of rotatable bonds is 6. The molecule has 22 heavy (non-hydrogen) atoms. The van der Waals surface area contributed by atoms with Gasteiger partial charge in [-0.2, -0.15) is 0 Å². The summed E-state index contributed by atoms with van der Waals surface area (Å²) in [6.45, 7) is 4.66. The molecule has 0 bridgehead atoms. The number of hydrogen-bond acceptors (Lipinski definition) is 2. The minimum atomic E-state index is 0.791. The Hall–Kier alpha value is -0.530. The zero-order valence-corrected chi connectivity index (χ0v) is 15.0. The maximum Gasteiger partial charge on any atom is 0.0991 e. The minimum absolute atomic E-state index is 0.791. The molecule has 2 nitrogen and oxygen atoms in total. The summed E-state index contributed by atoms with van der Waals surface area (Å²) in [6, 6.07) is 0.791. The number of fused-ring (bicyclic) bond motifs is 1. The number of nitrogens with zero attached hydrogens (tertiary/aromatic N) is 2. The molecule has 2 aliphatic heterocycles. The van der Waals surface area contributed by atoms with Crippen LogP contribution in [-0.4, -0.2) is 29.9 Å². The van der Waals surface area contributed by atoms with Gasteiger partial charge in [0.05, 0.1) is 5.84 Å². The van der Waals surface area contributed by atoms with E-state index in [-0.39, 0.29) is 0 Å². The summed E-state index contributed by atoms with van der Waals surface area (Å²) in [6.07, 6.45) is 20.9. The van der Waals surface area contributed by atoms with Crippen LogP contribution in [0.25, 0.3) is 0 Å². The van der Waals surface area contributed by atoms with Crippen LogP contribution in [-0.2, 0) is 0 Å². The van der Waals surface area contributed by atoms with Gasteiger partial charge in [-0.25, -0.2) is 0 Å². The van der Waals surface area contributed by atoms with Gasteiger partial charge >= 0.3 is 0 Å². The van der Waals surface area contributed by atoms with Crippen LogP contribution in [0.4, 0.5) is 0 Å². The van der Waals surface area contributed by atoms with E-state index < -0.39 is 0 Å². The average Bonchev–Trinajstić information content (AvgIpc) is 2.59. The van der Waals surface area contributed by atoms with Gasteiger partial charge in [-0.15, -0.1) is 0 Å². The summed E-state index contributed by atoms with van der Waals surface area (Å²) >= 11 is 0. The second-order valence-corrected chi connectivity index (χ2v) is 7.36. The quantitative estimate of drug-likeness (QED) is 0.553. The second kappa shape index (κ2) is 11.1. The van der Waals surface area contributed by atoms with E-state index in [2.05, 4.69) is 11.8 Å². The van der Waals surface area contributed by atoms with E-state index in [4.69, 9.17) is 4.99 Å². The Morgan fingerprint density at radius 3 is 2.64 bits per heavy atom. The van der Waals surface area contributed by atoms with Crippen molar-refractivity contribution in [2.24, 2.45) is 4.99 Å². The SMILES string of the molecule is CCCCCCCC1CCCCCCCN=C2CCCCN21. The fraction of sp³-hybridized carbons (Fsp3) is 0.950. The number of aliphatic imine (C=N–C) groups is 1. The van der Waals surface area contributed by atoms with Crippen molar-refractivity contribution in [2.45, 2.75) is 109 Å². The normalized spacial score (nSPS) is 24.3. The predicted octanol–water partition coefficient (Wildman–Crippen LogP) is 5.95. The number of amidine groups is 1. The van der Waals surface area contributed by atoms with Crippen LogP contribution in [0.5, 0.6) is 0 Å². The maximum atomic E-state index is 5.00. The summed E-state index contributed by atoms with van der Waals surface area (Å²) in [7, 11) is 0. The van der Waals surface area contributed by atoms with E-state index in [0.29, 0.717) is 0 Å². The fourth-order valence-corrected chi connectivity index (χ4v) is 4.07. The molecule has 0 aromatic carbocycles. The van der Waals surface area contributed by atoms with E-state index >= 15 is 0 Å². The highest BCUT2D eigenvalue weighted by molar-refractivity contribution is 5.83. The van der Waals surface area contributed by atoms with Crippen LogP contribution in [0.1, 0.15) is 103 Å². The van der Waals surface area contributed by atoms with E-state index in [9.17, 15) is 0 Å². The van der Waals surface area contributed by atoms with E-state index in [1.807, 2.05) is 0 Å². The third kappa shape index (κ3) is 6.30. The molecule has 0 aromatic rings. The van der Waals surface area contributed by atoms with Crippen molar-refractivity contribution < 1.29 is 0 Å². The van der Waals surface area contributed by atoms with Gasteiger partial charge in [0.15, 0.2) is 0 Å². The first kappa shape index (κ1) is 17.8. The molecule has 0 spiro atoms. The van der Waals surface area contributed by atoms with Gasteiger partial charge in [-0.1, -0.05) is 64.7 Å². The first-order valence-electron chi connectivity index (χ1n) is 10.2. The number of unbranched alkanes of at least 4 members (excludes halogenated alkanes) is 4. The lowest BCUT2D eigenvalue weighted by Crippen LogP contribution is -2.43. The van der Waals surface area contributed by atoms with Crippen LogP contribution in [0, 0.1) is 0 Å². The zero-order chi connectivity index (χ0) is 15.5. The van der Waals surface area contributed by atoms with E-state index in [1.165, 1.54) is 109 Å². The lowest BCUT2D eigenvalue weighted by molar-refractivity contribution is 0.244. The van der Waals surface area contributed by atoms with Gasteiger partial charge in [0.25, 0.3) is 0 Å². The van der Waals surface area contributed by atoms with Crippen molar-refractivity contribution in [3.63, 3.8) is 0 Å². The Morgan fingerprint density at radius 2 is 1.73 bits per heavy atom. The van der Waals surface area contributed by atoms with Crippen molar-refractivity contribution >= 4 is 5.84 Å². The third-order valence-electron chi connectivity index (χ3n) is 5.45. The lowest BCUT2D eigenvalue weighted by atomic mass is 9.97. The van der Waals surface area contributed by atoms with Gasteiger partial charge < -0.3 is 4.90 Å². The van der Waals surface area contributed by atoms with E-state index in [0.717, 1.165) is 12.6 Å². The molecular weight excluding hydrogens is 268 g/mol. The van der Waals surface area contributed by atoms with Crippen LogP contribution in [0.3, 0.4) is 0 Å². The lowest BCUT2D eigenvalue weighted by Gasteiger charge is -2.38. The van der Waals surface area contributed by atoms with Crippen molar-refractivity contribution in [1.29, 1.82) is 0 Å². The molecule has 2 aliphatic rings. The van der Waals surface area contributed by atoms with Crippen LogP contribution >= 0.6 is 0 Å². The van der Waals surface area contributed by atoms with Crippen molar-refractivity contribution in [1.82, 2.24) is 4.90 Å². The molecular formula is C20H38N2. The molecule has 128 valence electrons. The van der Waals surface area contributed by atoms with Gasteiger partial charge in [-0.3, -0.25) is 4.99 Å². The topological polar surface area (TPSA) is 15.6 Å². The molecule has 2 rings (SSSR count). The number of hydrogen-bond donors (Lipinski definition) is 0. The van der Waals surface area contributed by atoms with E-state index in [1.54, 1.807) is 0 Å². The molecule has 1 saturated heterocycles. The molecule has 0 aromatic heterocycles.